The van der Waals surface area contributed by atoms with Crippen LogP contribution in [0.5, 0.6) is 0 Å². The smallest absolute Gasteiger partial charge is 0.327 e. The molecule has 0 saturated carbocycles. The quantitative estimate of drug-likeness (QED) is 0.536. The van der Waals surface area contributed by atoms with Gasteiger partial charge in [-0.2, -0.15) is 0 Å². The average Bonchev–Trinajstić information content (AvgIpc) is 2.34. The van der Waals surface area contributed by atoms with E-state index < -0.39 is 5.54 Å². The van der Waals surface area contributed by atoms with Gasteiger partial charge in [0.1, 0.15) is 5.54 Å². The summed E-state index contributed by atoms with van der Waals surface area (Å²) < 4.78 is 4.94. The lowest BCUT2D eigenvalue weighted by atomic mass is 10.0. The standard InChI is InChI=1S/C8H16N2O2.ClH/c1-3-12-7(11)8(2)5-4-6-10(8)9;/h3-6,9H2,1-2H3;1H. The molecule has 0 aromatic rings. The van der Waals surface area contributed by atoms with E-state index in [1.165, 1.54) is 0 Å². The molecule has 13 heavy (non-hydrogen) atoms. The van der Waals surface area contributed by atoms with Crippen LogP contribution in [0.4, 0.5) is 0 Å². The molecule has 0 aromatic carbocycles. The third-order valence-electron chi connectivity index (χ3n) is 2.41. The van der Waals surface area contributed by atoms with Gasteiger partial charge >= 0.3 is 5.97 Å². The largest absolute Gasteiger partial charge is 0.465 e. The summed E-state index contributed by atoms with van der Waals surface area (Å²) in [4.78, 5) is 11.4. The molecule has 0 spiro atoms. The molecular weight excluding hydrogens is 192 g/mol. The van der Waals surface area contributed by atoms with Crippen LogP contribution in [0, 0.1) is 0 Å². The molecular formula is C8H17ClN2O2. The Morgan fingerprint density at radius 3 is 2.69 bits per heavy atom. The molecule has 1 rings (SSSR count). The molecule has 1 unspecified atom stereocenters. The van der Waals surface area contributed by atoms with Gasteiger partial charge < -0.3 is 4.74 Å². The zero-order valence-corrected chi connectivity index (χ0v) is 8.89. The van der Waals surface area contributed by atoms with Gasteiger partial charge in [-0.05, 0) is 26.7 Å². The van der Waals surface area contributed by atoms with E-state index in [9.17, 15) is 4.79 Å². The van der Waals surface area contributed by atoms with Crippen LogP contribution < -0.4 is 5.84 Å². The predicted molar refractivity (Wildman–Crippen MR) is 52.4 cm³/mol. The van der Waals surface area contributed by atoms with Crippen molar-refractivity contribution in [2.24, 2.45) is 5.84 Å². The van der Waals surface area contributed by atoms with Gasteiger partial charge in [0.15, 0.2) is 0 Å². The third-order valence-corrected chi connectivity index (χ3v) is 2.41. The number of hydrogen-bond acceptors (Lipinski definition) is 4. The summed E-state index contributed by atoms with van der Waals surface area (Å²) in [6, 6.07) is 0. The van der Waals surface area contributed by atoms with Crippen LogP contribution in [0.2, 0.25) is 0 Å². The van der Waals surface area contributed by atoms with Crippen molar-refractivity contribution in [1.82, 2.24) is 5.01 Å². The Balaban J connectivity index is 0.00000144. The first-order valence-electron chi connectivity index (χ1n) is 4.31. The Morgan fingerprint density at radius 1 is 1.69 bits per heavy atom. The second kappa shape index (κ2) is 4.79. The summed E-state index contributed by atoms with van der Waals surface area (Å²) in [5.41, 5.74) is -0.587. The van der Waals surface area contributed by atoms with E-state index in [-0.39, 0.29) is 18.4 Å². The first-order chi connectivity index (χ1) is 5.61. The Kier molecular flexibility index (Phi) is 4.67. The van der Waals surface area contributed by atoms with Crippen LogP contribution >= 0.6 is 12.4 Å². The van der Waals surface area contributed by atoms with Crippen molar-refractivity contribution < 1.29 is 9.53 Å². The molecule has 1 atom stereocenters. The molecule has 0 aromatic heterocycles. The van der Waals surface area contributed by atoms with E-state index in [1.54, 1.807) is 11.9 Å². The van der Waals surface area contributed by atoms with E-state index in [1.807, 2.05) is 6.92 Å². The van der Waals surface area contributed by atoms with Gasteiger partial charge in [-0.1, -0.05) is 0 Å². The minimum Gasteiger partial charge on any atom is -0.465 e. The number of rotatable bonds is 2. The highest BCUT2D eigenvalue weighted by Gasteiger charge is 2.42. The molecule has 1 heterocycles. The minimum atomic E-state index is -0.587. The van der Waals surface area contributed by atoms with E-state index in [2.05, 4.69) is 0 Å². The number of halogens is 1. The zero-order chi connectivity index (χ0) is 9.19. The molecule has 78 valence electrons. The van der Waals surface area contributed by atoms with Gasteiger partial charge in [-0.3, -0.25) is 5.84 Å². The number of hydrogen-bond donors (Lipinski definition) is 1. The summed E-state index contributed by atoms with van der Waals surface area (Å²) in [5, 5.41) is 1.57. The molecule has 5 heteroatoms. The molecule has 0 amide bonds. The van der Waals surface area contributed by atoms with Gasteiger partial charge in [-0.25, -0.2) is 9.80 Å². The number of carbonyl (C=O) groups excluding carboxylic acids is 1. The van der Waals surface area contributed by atoms with Crippen molar-refractivity contribution in [2.75, 3.05) is 13.2 Å². The highest BCUT2D eigenvalue weighted by Crippen LogP contribution is 2.26. The van der Waals surface area contributed by atoms with Crippen LogP contribution in [0.1, 0.15) is 26.7 Å². The van der Waals surface area contributed by atoms with Gasteiger partial charge in [0.2, 0.25) is 0 Å². The Labute approximate surface area is 84.8 Å². The predicted octanol–water partition coefficient (Wildman–Crippen LogP) is 0.699. The first-order valence-corrected chi connectivity index (χ1v) is 4.31. The second-order valence-electron chi connectivity index (χ2n) is 3.29. The highest BCUT2D eigenvalue weighted by molar-refractivity contribution is 5.85. The first kappa shape index (κ1) is 12.7. The van der Waals surface area contributed by atoms with Crippen LogP contribution in [0.25, 0.3) is 0 Å². The van der Waals surface area contributed by atoms with E-state index >= 15 is 0 Å². The van der Waals surface area contributed by atoms with E-state index in [4.69, 9.17) is 10.6 Å². The third kappa shape index (κ3) is 2.33. The van der Waals surface area contributed by atoms with Crippen molar-refractivity contribution in [3.63, 3.8) is 0 Å². The molecule has 1 aliphatic heterocycles. The number of nitrogens with zero attached hydrogens (tertiary/aromatic N) is 1. The minimum absolute atomic E-state index is 0. The zero-order valence-electron chi connectivity index (χ0n) is 8.08. The van der Waals surface area contributed by atoms with Crippen LogP contribution in [-0.4, -0.2) is 29.7 Å². The average molecular weight is 209 g/mol. The van der Waals surface area contributed by atoms with Crippen molar-refractivity contribution in [3.05, 3.63) is 0 Å². The van der Waals surface area contributed by atoms with Gasteiger partial charge in [0.25, 0.3) is 0 Å². The monoisotopic (exact) mass is 208 g/mol. The van der Waals surface area contributed by atoms with Gasteiger partial charge in [0.05, 0.1) is 6.61 Å². The lowest BCUT2D eigenvalue weighted by Crippen LogP contribution is -2.52. The summed E-state index contributed by atoms with van der Waals surface area (Å²) in [6.45, 7) is 4.83. The van der Waals surface area contributed by atoms with E-state index in [0.29, 0.717) is 6.61 Å². The Hall–Kier alpha value is -0.320. The molecule has 1 saturated heterocycles. The normalized spacial score (nSPS) is 28.2. The van der Waals surface area contributed by atoms with Gasteiger partial charge in [0, 0.05) is 6.54 Å². The van der Waals surface area contributed by atoms with Gasteiger partial charge in [-0.15, -0.1) is 12.4 Å². The number of carbonyl (C=O) groups is 1. The molecule has 0 aliphatic carbocycles. The van der Waals surface area contributed by atoms with Crippen molar-refractivity contribution in [3.8, 4) is 0 Å². The SMILES string of the molecule is CCOC(=O)C1(C)CCCN1N.Cl. The molecule has 4 nitrogen and oxygen atoms in total. The molecule has 0 radical (unpaired) electrons. The van der Waals surface area contributed by atoms with E-state index in [0.717, 1.165) is 19.4 Å². The number of esters is 1. The summed E-state index contributed by atoms with van der Waals surface area (Å²) in [5.74, 6) is 5.47. The lowest BCUT2D eigenvalue weighted by Gasteiger charge is -2.28. The number of hydrazine groups is 1. The molecule has 0 bridgehead atoms. The molecule has 1 aliphatic rings. The number of ether oxygens (including phenoxy) is 1. The fraction of sp³-hybridized carbons (Fsp3) is 0.875. The van der Waals surface area contributed by atoms with Crippen LogP contribution in [-0.2, 0) is 9.53 Å². The molecule has 2 N–H and O–H groups in total. The highest BCUT2D eigenvalue weighted by atomic mass is 35.5. The summed E-state index contributed by atoms with van der Waals surface area (Å²) >= 11 is 0. The second-order valence-corrected chi connectivity index (χ2v) is 3.29. The Morgan fingerprint density at radius 2 is 2.31 bits per heavy atom. The van der Waals surface area contributed by atoms with Crippen molar-refractivity contribution >= 4 is 18.4 Å². The topological polar surface area (TPSA) is 55.6 Å². The summed E-state index contributed by atoms with van der Waals surface area (Å²) in [7, 11) is 0. The summed E-state index contributed by atoms with van der Waals surface area (Å²) in [6.07, 6.45) is 1.76. The maximum Gasteiger partial charge on any atom is 0.327 e. The lowest BCUT2D eigenvalue weighted by molar-refractivity contribution is -0.155. The maximum atomic E-state index is 11.4. The maximum absolute atomic E-state index is 11.4. The number of nitrogens with two attached hydrogens (primary N) is 1. The fourth-order valence-corrected chi connectivity index (χ4v) is 1.49. The van der Waals surface area contributed by atoms with Crippen LogP contribution in [0.3, 0.4) is 0 Å². The van der Waals surface area contributed by atoms with Crippen LogP contribution in [0.15, 0.2) is 0 Å². The van der Waals surface area contributed by atoms with Crippen molar-refractivity contribution in [1.29, 1.82) is 0 Å². The molecule has 1 fully saturated rings. The fourth-order valence-electron chi connectivity index (χ4n) is 1.49. The van der Waals surface area contributed by atoms with Crippen molar-refractivity contribution in [2.45, 2.75) is 32.2 Å². The Bertz CT molecular complexity index is 189.